The lowest BCUT2D eigenvalue weighted by molar-refractivity contribution is 0.392. The average Bonchev–Trinajstić information content (AvgIpc) is 2.90. The Hall–Kier alpha value is -1.46. The van der Waals surface area contributed by atoms with E-state index in [1.807, 2.05) is 0 Å². The van der Waals surface area contributed by atoms with E-state index < -0.39 is 0 Å². The fourth-order valence-corrected chi connectivity index (χ4v) is 2.22. The molecule has 1 aliphatic heterocycles. The molecule has 0 spiro atoms. The molecule has 0 aliphatic carbocycles. The zero-order valence-electron chi connectivity index (χ0n) is 10.3. The number of piperidine rings is 1. The van der Waals surface area contributed by atoms with Gasteiger partial charge in [-0.3, -0.25) is 0 Å². The quantitative estimate of drug-likeness (QED) is 0.921. The van der Waals surface area contributed by atoms with Crippen LogP contribution in [0.15, 0.2) is 28.8 Å². The van der Waals surface area contributed by atoms with Crippen LogP contribution >= 0.6 is 12.4 Å². The van der Waals surface area contributed by atoms with Gasteiger partial charge in [-0.15, -0.1) is 12.4 Å². The van der Waals surface area contributed by atoms with E-state index >= 15 is 0 Å². The van der Waals surface area contributed by atoms with Crippen molar-refractivity contribution in [1.82, 2.24) is 15.5 Å². The van der Waals surface area contributed by atoms with Crippen molar-refractivity contribution in [2.24, 2.45) is 0 Å². The van der Waals surface area contributed by atoms with E-state index in [4.69, 9.17) is 4.52 Å². The van der Waals surface area contributed by atoms with E-state index in [0.717, 1.165) is 25.9 Å². The maximum Gasteiger partial charge on any atom is 0.260 e. The molecular weight excluding hydrogens is 269 g/mol. The molecule has 0 bridgehead atoms. The highest BCUT2D eigenvalue weighted by Gasteiger charge is 2.21. The third-order valence-corrected chi connectivity index (χ3v) is 3.21. The predicted molar refractivity (Wildman–Crippen MR) is 71.8 cm³/mol. The number of halogens is 2. The normalized spacial score (nSPS) is 18.9. The first-order valence-electron chi connectivity index (χ1n) is 6.14. The van der Waals surface area contributed by atoms with Crippen LogP contribution in [0, 0.1) is 5.82 Å². The molecule has 6 heteroatoms. The first-order chi connectivity index (χ1) is 8.84. The number of benzene rings is 1. The van der Waals surface area contributed by atoms with E-state index in [9.17, 15) is 4.39 Å². The van der Waals surface area contributed by atoms with Crippen LogP contribution in [0.4, 0.5) is 4.39 Å². The summed E-state index contributed by atoms with van der Waals surface area (Å²) in [5, 5.41) is 7.26. The Morgan fingerprint density at radius 2 is 2.16 bits per heavy atom. The van der Waals surface area contributed by atoms with Gasteiger partial charge >= 0.3 is 0 Å². The van der Waals surface area contributed by atoms with Crippen LogP contribution in [-0.2, 0) is 0 Å². The molecule has 1 aromatic heterocycles. The number of rotatable bonds is 2. The molecule has 19 heavy (non-hydrogen) atoms. The number of aromatic nitrogens is 2. The van der Waals surface area contributed by atoms with Gasteiger partial charge in [0.2, 0.25) is 0 Å². The van der Waals surface area contributed by atoms with Crippen molar-refractivity contribution in [3.63, 3.8) is 0 Å². The first kappa shape index (κ1) is 14.0. The zero-order chi connectivity index (χ0) is 12.4. The van der Waals surface area contributed by atoms with Gasteiger partial charge in [-0.2, -0.15) is 4.98 Å². The Labute approximate surface area is 116 Å². The summed E-state index contributed by atoms with van der Waals surface area (Å²) in [5.74, 6) is 0.853. The van der Waals surface area contributed by atoms with E-state index in [1.54, 1.807) is 18.2 Å². The largest absolute Gasteiger partial charge is 0.334 e. The van der Waals surface area contributed by atoms with E-state index in [0.29, 0.717) is 11.4 Å². The number of nitrogens with one attached hydrogen (secondary N) is 1. The number of hydrogen-bond acceptors (Lipinski definition) is 4. The molecule has 1 atom stereocenters. The maximum atomic E-state index is 13.6. The molecule has 1 aromatic carbocycles. The molecule has 1 unspecified atom stereocenters. The molecule has 0 radical (unpaired) electrons. The van der Waals surface area contributed by atoms with E-state index in [-0.39, 0.29) is 30.0 Å². The second-order valence-corrected chi connectivity index (χ2v) is 4.48. The first-order valence-corrected chi connectivity index (χ1v) is 6.14. The number of nitrogens with zero attached hydrogens (tertiary/aromatic N) is 2. The Morgan fingerprint density at radius 3 is 2.89 bits per heavy atom. The summed E-state index contributed by atoms with van der Waals surface area (Å²) >= 11 is 0. The Bertz CT molecular complexity index is 540. The lowest BCUT2D eigenvalue weighted by atomic mass is 9.99. The van der Waals surface area contributed by atoms with Gasteiger partial charge in [0.05, 0.1) is 5.56 Å². The predicted octanol–water partition coefficient (Wildman–Crippen LogP) is 2.76. The monoisotopic (exact) mass is 283 g/mol. The molecule has 0 saturated carbocycles. The second kappa shape index (κ2) is 6.12. The summed E-state index contributed by atoms with van der Waals surface area (Å²) in [7, 11) is 0. The summed E-state index contributed by atoms with van der Waals surface area (Å²) in [4.78, 5) is 4.31. The van der Waals surface area contributed by atoms with E-state index in [1.165, 1.54) is 6.07 Å². The van der Waals surface area contributed by atoms with Gasteiger partial charge in [-0.25, -0.2) is 4.39 Å². The van der Waals surface area contributed by atoms with Crippen LogP contribution in [0.2, 0.25) is 0 Å². The Kier molecular flexibility index (Phi) is 4.50. The molecule has 1 saturated heterocycles. The van der Waals surface area contributed by atoms with Crippen LogP contribution in [-0.4, -0.2) is 23.2 Å². The van der Waals surface area contributed by atoms with Gasteiger partial charge in [0.1, 0.15) is 5.82 Å². The van der Waals surface area contributed by atoms with E-state index in [2.05, 4.69) is 15.5 Å². The van der Waals surface area contributed by atoms with Gasteiger partial charge < -0.3 is 9.84 Å². The molecular formula is C13H15ClFN3O. The van der Waals surface area contributed by atoms with Crippen molar-refractivity contribution in [1.29, 1.82) is 0 Å². The van der Waals surface area contributed by atoms with Crippen LogP contribution in [0.1, 0.15) is 24.6 Å². The smallest absolute Gasteiger partial charge is 0.260 e. The highest BCUT2D eigenvalue weighted by atomic mass is 35.5. The summed E-state index contributed by atoms with van der Waals surface area (Å²) in [5.41, 5.74) is 0.361. The van der Waals surface area contributed by atoms with Crippen LogP contribution in [0.5, 0.6) is 0 Å². The lowest BCUT2D eigenvalue weighted by Crippen LogP contribution is -2.28. The topological polar surface area (TPSA) is 51.0 Å². The average molecular weight is 284 g/mol. The molecule has 1 N–H and O–H groups in total. The fraction of sp³-hybridized carbons (Fsp3) is 0.385. The minimum absolute atomic E-state index is 0. The summed E-state index contributed by atoms with van der Waals surface area (Å²) in [6.07, 6.45) is 2.15. The fourth-order valence-electron chi connectivity index (χ4n) is 2.22. The second-order valence-electron chi connectivity index (χ2n) is 4.48. The lowest BCUT2D eigenvalue weighted by Gasteiger charge is -2.19. The molecule has 2 aromatic rings. The summed E-state index contributed by atoms with van der Waals surface area (Å²) < 4.78 is 18.7. The van der Waals surface area contributed by atoms with Crippen LogP contribution < -0.4 is 5.32 Å². The summed E-state index contributed by atoms with van der Waals surface area (Å²) in [6, 6.07) is 6.43. The van der Waals surface area contributed by atoms with Crippen molar-refractivity contribution in [3.8, 4) is 11.5 Å². The van der Waals surface area contributed by atoms with Gasteiger partial charge in [0.15, 0.2) is 5.82 Å². The zero-order valence-corrected chi connectivity index (χ0v) is 11.1. The minimum Gasteiger partial charge on any atom is -0.334 e. The van der Waals surface area contributed by atoms with Gasteiger partial charge in [-0.1, -0.05) is 17.3 Å². The minimum atomic E-state index is -0.338. The SMILES string of the molecule is Cl.Fc1ccccc1-c1nc(C2CCCNC2)no1. The molecule has 0 amide bonds. The molecule has 1 fully saturated rings. The van der Waals surface area contributed by atoms with Crippen molar-refractivity contribution < 1.29 is 8.91 Å². The third kappa shape index (κ3) is 2.93. The third-order valence-electron chi connectivity index (χ3n) is 3.21. The maximum absolute atomic E-state index is 13.6. The molecule has 2 heterocycles. The van der Waals surface area contributed by atoms with Gasteiger partial charge in [-0.05, 0) is 31.5 Å². The van der Waals surface area contributed by atoms with Gasteiger partial charge in [0, 0.05) is 12.5 Å². The van der Waals surface area contributed by atoms with Gasteiger partial charge in [0.25, 0.3) is 5.89 Å². The Balaban J connectivity index is 0.00000133. The number of hydrogen-bond donors (Lipinski definition) is 1. The molecule has 4 nitrogen and oxygen atoms in total. The van der Waals surface area contributed by atoms with Crippen molar-refractivity contribution in [2.45, 2.75) is 18.8 Å². The van der Waals surface area contributed by atoms with Crippen molar-refractivity contribution in [2.75, 3.05) is 13.1 Å². The highest BCUT2D eigenvalue weighted by molar-refractivity contribution is 5.85. The molecule has 102 valence electrons. The van der Waals surface area contributed by atoms with Crippen molar-refractivity contribution in [3.05, 3.63) is 35.9 Å². The molecule has 3 rings (SSSR count). The van der Waals surface area contributed by atoms with Crippen LogP contribution in [0.3, 0.4) is 0 Å². The standard InChI is InChI=1S/C13H14FN3O.ClH/c14-11-6-2-1-5-10(11)13-16-12(17-18-13)9-4-3-7-15-8-9;/h1-2,5-6,9,15H,3-4,7-8H2;1H. The van der Waals surface area contributed by atoms with Crippen LogP contribution in [0.25, 0.3) is 11.5 Å². The van der Waals surface area contributed by atoms with Crippen molar-refractivity contribution >= 4 is 12.4 Å². The molecule has 1 aliphatic rings. The summed E-state index contributed by atoms with van der Waals surface area (Å²) in [6.45, 7) is 1.89. The Morgan fingerprint density at radius 1 is 1.32 bits per heavy atom. The highest BCUT2D eigenvalue weighted by Crippen LogP contribution is 2.25.